The van der Waals surface area contributed by atoms with Crippen molar-refractivity contribution in [2.45, 2.75) is 19.3 Å². The zero-order chi connectivity index (χ0) is 29.6. The van der Waals surface area contributed by atoms with Crippen molar-refractivity contribution in [2.24, 2.45) is 0 Å². The van der Waals surface area contributed by atoms with Gasteiger partial charge in [-0.1, -0.05) is 111 Å². The Balaban J connectivity index is 1.47. The molecule has 9 aromatic rings. The summed E-state index contributed by atoms with van der Waals surface area (Å²) in [6.45, 7) is 4.74. The molecule has 0 N–H and O–H groups in total. The van der Waals surface area contributed by atoms with Crippen LogP contribution in [0.25, 0.3) is 93.6 Å². The molecule has 0 radical (unpaired) electrons. The summed E-state index contributed by atoms with van der Waals surface area (Å²) in [4.78, 5) is 0. The Labute approximate surface area is 259 Å². The van der Waals surface area contributed by atoms with Gasteiger partial charge in [-0.05, 0) is 74.5 Å². The Hall–Kier alpha value is -5.60. The molecule has 2 aliphatic rings. The second-order valence-corrected chi connectivity index (χ2v) is 13.2. The molecule has 11 rings (SSSR count). The van der Waals surface area contributed by atoms with E-state index in [4.69, 9.17) is 4.42 Å². The quantitative estimate of drug-likeness (QED) is 0.191. The van der Waals surface area contributed by atoms with Crippen LogP contribution in [0.15, 0.2) is 132 Å². The van der Waals surface area contributed by atoms with E-state index < -0.39 is 0 Å². The fraction of sp³-hybridized carbons (Fsp3) is 0.0698. The molecule has 45 heavy (non-hydrogen) atoms. The highest BCUT2D eigenvalue weighted by Crippen LogP contribution is 2.58. The first-order chi connectivity index (χ1) is 22.1. The van der Waals surface area contributed by atoms with Crippen molar-refractivity contribution in [1.82, 2.24) is 4.57 Å². The van der Waals surface area contributed by atoms with Crippen molar-refractivity contribution in [1.29, 1.82) is 0 Å². The Morgan fingerprint density at radius 1 is 0.533 bits per heavy atom. The van der Waals surface area contributed by atoms with E-state index in [1.807, 2.05) is 0 Å². The smallest absolute Gasteiger partial charge is 0.146 e. The normalized spacial score (nSPS) is 14.2. The molecule has 0 bridgehead atoms. The van der Waals surface area contributed by atoms with Gasteiger partial charge < -0.3 is 8.98 Å². The van der Waals surface area contributed by atoms with Crippen LogP contribution >= 0.6 is 0 Å². The van der Waals surface area contributed by atoms with E-state index in [2.05, 4.69) is 146 Å². The van der Waals surface area contributed by atoms with Crippen molar-refractivity contribution in [3.05, 3.63) is 139 Å². The highest BCUT2D eigenvalue weighted by Gasteiger charge is 2.38. The summed E-state index contributed by atoms with van der Waals surface area (Å²) in [5.41, 5.74) is 15.9. The zero-order valence-electron chi connectivity index (χ0n) is 25.0. The van der Waals surface area contributed by atoms with Gasteiger partial charge in [0.2, 0.25) is 0 Å². The minimum atomic E-state index is -0.0977. The van der Waals surface area contributed by atoms with Crippen molar-refractivity contribution < 1.29 is 4.42 Å². The third-order valence-electron chi connectivity index (χ3n) is 10.7. The molecule has 0 unspecified atom stereocenters. The second-order valence-electron chi connectivity index (χ2n) is 13.2. The predicted octanol–water partition coefficient (Wildman–Crippen LogP) is 11.8. The van der Waals surface area contributed by atoms with E-state index in [9.17, 15) is 0 Å². The molecule has 2 nitrogen and oxygen atoms in total. The Morgan fingerprint density at radius 3 is 2.09 bits per heavy atom. The largest absolute Gasteiger partial charge is 0.455 e. The number of para-hydroxylation sites is 2. The first-order valence-corrected chi connectivity index (χ1v) is 15.8. The molecule has 0 amide bonds. The van der Waals surface area contributed by atoms with Crippen LogP contribution < -0.4 is 0 Å². The lowest BCUT2D eigenvalue weighted by molar-refractivity contribution is 0.661. The fourth-order valence-corrected chi connectivity index (χ4v) is 8.80. The molecular formula is C43H27NO. The average Bonchev–Trinajstić information content (AvgIpc) is 3.78. The summed E-state index contributed by atoms with van der Waals surface area (Å²) in [6.07, 6.45) is 0. The van der Waals surface area contributed by atoms with Gasteiger partial charge in [0.25, 0.3) is 0 Å². The molecule has 0 saturated carbocycles. The Kier molecular flexibility index (Phi) is 4.19. The van der Waals surface area contributed by atoms with Crippen LogP contribution in [-0.2, 0) is 5.41 Å². The fourth-order valence-electron chi connectivity index (χ4n) is 8.80. The van der Waals surface area contributed by atoms with Crippen LogP contribution in [0.4, 0.5) is 0 Å². The van der Waals surface area contributed by atoms with Gasteiger partial charge in [-0.25, -0.2) is 0 Å². The van der Waals surface area contributed by atoms with Gasteiger partial charge in [-0.3, -0.25) is 0 Å². The summed E-state index contributed by atoms with van der Waals surface area (Å²) >= 11 is 0. The predicted molar refractivity (Wildman–Crippen MR) is 188 cm³/mol. The molecule has 2 aliphatic carbocycles. The standard InChI is InChI=1S/C43H27NO/c1-43(2)32-20-8-6-16-26(32)30-22-31-34(23-33(30)43)44(25-14-4-3-5-15-25)41-38(31)37-28-18-10-12-24-13-11-19-29(36(24)28)39(37)42-40(41)27-17-7-9-21-35(27)45-42/h3-23H,1-2H3. The third-order valence-corrected chi connectivity index (χ3v) is 10.7. The maximum Gasteiger partial charge on any atom is 0.146 e. The van der Waals surface area contributed by atoms with Gasteiger partial charge in [0.15, 0.2) is 0 Å². The highest BCUT2D eigenvalue weighted by molar-refractivity contribution is 6.37. The molecule has 2 heteroatoms. The number of benzene rings is 7. The molecule has 0 atom stereocenters. The second kappa shape index (κ2) is 7.91. The molecule has 2 aromatic heterocycles. The molecular weight excluding hydrogens is 546 g/mol. The molecule has 0 saturated heterocycles. The van der Waals surface area contributed by atoms with E-state index in [1.54, 1.807) is 0 Å². The van der Waals surface area contributed by atoms with Crippen LogP contribution in [0.3, 0.4) is 0 Å². The summed E-state index contributed by atoms with van der Waals surface area (Å²) in [5.74, 6) is 0. The molecule has 0 spiro atoms. The summed E-state index contributed by atoms with van der Waals surface area (Å²) in [5, 5.41) is 7.51. The number of hydrogen-bond acceptors (Lipinski definition) is 1. The van der Waals surface area contributed by atoms with Crippen LogP contribution in [0.5, 0.6) is 0 Å². The van der Waals surface area contributed by atoms with E-state index in [0.717, 1.165) is 22.2 Å². The first kappa shape index (κ1) is 23.8. The highest BCUT2D eigenvalue weighted by atomic mass is 16.3. The molecule has 0 aliphatic heterocycles. The van der Waals surface area contributed by atoms with Gasteiger partial charge in [0.05, 0.1) is 16.4 Å². The van der Waals surface area contributed by atoms with Gasteiger partial charge in [0.1, 0.15) is 11.2 Å². The number of nitrogens with zero attached hydrogens (tertiary/aromatic N) is 1. The van der Waals surface area contributed by atoms with Crippen molar-refractivity contribution >= 4 is 54.5 Å². The monoisotopic (exact) mass is 573 g/mol. The Bertz CT molecular complexity index is 2770. The first-order valence-electron chi connectivity index (χ1n) is 15.8. The van der Waals surface area contributed by atoms with Crippen molar-refractivity contribution in [2.75, 3.05) is 0 Å². The molecule has 7 aromatic carbocycles. The summed E-state index contributed by atoms with van der Waals surface area (Å²) < 4.78 is 9.41. The average molecular weight is 574 g/mol. The lowest BCUT2D eigenvalue weighted by Gasteiger charge is -2.21. The van der Waals surface area contributed by atoms with Gasteiger partial charge in [-0.15, -0.1) is 0 Å². The van der Waals surface area contributed by atoms with Gasteiger partial charge >= 0.3 is 0 Å². The van der Waals surface area contributed by atoms with E-state index in [-0.39, 0.29) is 5.41 Å². The zero-order valence-corrected chi connectivity index (χ0v) is 25.0. The van der Waals surface area contributed by atoms with E-state index >= 15 is 0 Å². The molecule has 0 fully saturated rings. The maximum absolute atomic E-state index is 6.90. The van der Waals surface area contributed by atoms with E-state index in [1.165, 1.54) is 82.5 Å². The minimum Gasteiger partial charge on any atom is -0.455 e. The topological polar surface area (TPSA) is 18.1 Å². The van der Waals surface area contributed by atoms with Crippen LogP contribution in [0, 0.1) is 0 Å². The minimum absolute atomic E-state index is 0.0977. The third kappa shape index (κ3) is 2.73. The number of furan rings is 1. The van der Waals surface area contributed by atoms with Gasteiger partial charge in [-0.2, -0.15) is 0 Å². The molecule has 210 valence electrons. The van der Waals surface area contributed by atoms with Crippen LogP contribution in [0.2, 0.25) is 0 Å². The van der Waals surface area contributed by atoms with Crippen LogP contribution in [-0.4, -0.2) is 4.57 Å². The summed E-state index contributed by atoms with van der Waals surface area (Å²) in [7, 11) is 0. The SMILES string of the molecule is CC1(C)c2ccccc2-c2cc3c4c5c(c6oc7ccccc7c6c4n(-c4ccccc4)c3cc21)-c1cccc2cccc-5c12. The lowest BCUT2D eigenvalue weighted by atomic mass is 9.82. The maximum atomic E-state index is 6.90. The number of rotatable bonds is 1. The Morgan fingerprint density at radius 2 is 1.24 bits per heavy atom. The lowest BCUT2D eigenvalue weighted by Crippen LogP contribution is -2.14. The number of fused-ring (bicyclic) bond motifs is 15. The summed E-state index contributed by atoms with van der Waals surface area (Å²) in [6, 6.07) is 46.8. The number of hydrogen-bond donors (Lipinski definition) is 0. The van der Waals surface area contributed by atoms with Crippen LogP contribution in [0.1, 0.15) is 25.0 Å². The number of aromatic nitrogens is 1. The van der Waals surface area contributed by atoms with Crippen molar-refractivity contribution in [3.8, 4) is 39.1 Å². The molecule has 2 heterocycles. The van der Waals surface area contributed by atoms with Gasteiger partial charge in [0, 0.05) is 38.4 Å². The van der Waals surface area contributed by atoms with Crippen molar-refractivity contribution in [3.63, 3.8) is 0 Å². The van der Waals surface area contributed by atoms with E-state index in [0.29, 0.717) is 0 Å².